The van der Waals surface area contributed by atoms with E-state index in [0.717, 1.165) is 54.2 Å². The van der Waals surface area contributed by atoms with E-state index in [1.54, 1.807) is 6.08 Å². The molecule has 0 unspecified atom stereocenters. The third-order valence-electron chi connectivity index (χ3n) is 11.4. The molecule has 0 aromatic rings. The van der Waals surface area contributed by atoms with Crippen molar-refractivity contribution >= 4 is 11.5 Å². The van der Waals surface area contributed by atoms with Crippen molar-refractivity contribution in [2.75, 3.05) is 6.61 Å². The molecule has 4 aliphatic carbocycles. The molecule has 35 heavy (non-hydrogen) atoms. The van der Waals surface area contributed by atoms with Crippen molar-refractivity contribution in [3.63, 3.8) is 0 Å². The fourth-order valence-electron chi connectivity index (χ4n) is 9.30. The number of hydrogen-bond acceptors (Lipinski definition) is 3. The summed E-state index contributed by atoms with van der Waals surface area (Å²) in [7, 11) is 0. The van der Waals surface area contributed by atoms with E-state index in [4.69, 9.17) is 4.84 Å². The highest BCUT2D eigenvalue weighted by molar-refractivity contribution is 6.07. The minimum atomic E-state index is 0.00804. The molecule has 0 radical (unpaired) electrons. The second-order valence-corrected chi connectivity index (χ2v) is 13.3. The molecule has 0 N–H and O–H groups in total. The van der Waals surface area contributed by atoms with Gasteiger partial charge in [-0.2, -0.15) is 0 Å². The van der Waals surface area contributed by atoms with Gasteiger partial charge in [-0.15, -0.1) is 0 Å². The van der Waals surface area contributed by atoms with Gasteiger partial charge in [0.25, 0.3) is 0 Å². The van der Waals surface area contributed by atoms with Crippen LogP contribution in [0.3, 0.4) is 0 Å². The van der Waals surface area contributed by atoms with Gasteiger partial charge in [-0.25, -0.2) is 0 Å². The van der Waals surface area contributed by atoms with E-state index in [9.17, 15) is 4.79 Å². The first kappa shape index (κ1) is 26.7. The lowest BCUT2D eigenvalue weighted by molar-refractivity contribution is -0.128. The molecule has 0 heterocycles. The quantitative estimate of drug-likeness (QED) is 0.188. The number of ketones is 1. The van der Waals surface area contributed by atoms with Crippen LogP contribution in [0.15, 0.2) is 29.5 Å². The van der Waals surface area contributed by atoms with E-state index < -0.39 is 0 Å². The van der Waals surface area contributed by atoms with Gasteiger partial charge in [0.15, 0.2) is 5.78 Å². The van der Waals surface area contributed by atoms with Gasteiger partial charge in [0.2, 0.25) is 0 Å². The van der Waals surface area contributed by atoms with Crippen molar-refractivity contribution in [2.45, 2.75) is 106 Å². The Morgan fingerprint density at radius 1 is 1.14 bits per heavy atom. The maximum Gasteiger partial charge on any atom is 0.159 e. The predicted molar refractivity (Wildman–Crippen MR) is 146 cm³/mol. The van der Waals surface area contributed by atoms with Crippen LogP contribution in [0.25, 0.3) is 0 Å². The Balaban J connectivity index is 1.50. The van der Waals surface area contributed by atoms with Gasteiger partial charge in [0.05, 0.1) is 5.71 Å². The lowest BCUT2D eigenvalue weighted by Gasteiger charge is -2.58. The lowest BCUT2D eigenvalue weighted by Crippen LogP contribution is -2.53. The molecule has 0 bridgehead atoms. The van der Waals surface area contributed by atoms with Crippen LogP contribution < -0.4 is 0 Å². The Bertz CT molecular complexity index is 856. The van der Waals surface area contributed by atoms with Crippen LogP contribution in [0.5, 0.6) is 0 Å². The molecule has 4 aliphatic rings. The Hall–Kier alpha value is -1.38. The molecule has 3 saturated carbocycles. The maximum absolute atomic E-state index is 13.6. The molecule has 0 aromatic carbocycles. The van der Waals surface area contributed by atoms with E-state index >= 15 is 0 Å². The summed E-state index contributed by atoms with van der Waals surface area (Å²) in [6, 6.07) is 0. The van der Waals surface area contributed by atoms with Gasteiger partial charge < -0.3 is 4.84 Å². The van der Waals surface area contributed by atoms with E-state index in [0.29, 0.717) is 35.6 Å². The first-order valence-corrected chi connectivity index (χ1v) is 14.7. The van der Waals surface area contributed by atoms with Crippen molar-refractivity contribution in [3.8, 4) is 0 Å². The zero-order chi connectivity index (χ0) is 25.4. The minimum absolute atomic E-state index is 0.00804. The van der Waals surface area contributed by atoms with Crippen molar-refractivity contribution in [1.82, 2.24) is 0 Å². The summed E-state index contributed by atoms with van der Waals surface area (Å²) in [6.45, 7) is 18.8. The Labute approximate surface area is 215 Å². The van der Waals surface area contributed by atoms with E-state index in [1.165, 1.54) is 44.9 Å². The normalized spacial score (nSPS) is 39.5. The highest BCUT2D eigenvalue weighted by Crippen LogP contribution is 2.67. The molecular weight excluding hydrogens is 430 g/mol. The SMILES string of the molecule is C=CCO/N=C1/C=C2C(=O)C[C@H]3[C@@H]4CC[C@H]([C@H](C)CC[C@@H](CC)C(C)C)[C@@]4(C)CC[C@@H]3[C@@]2(C)CC1. The molecule has 3 fully saturated rings. The fourth-order valence-corrected chi connectivity index (χ4v) is 9.30. The van der Waals surface area contributed by atoms with Crippen molar-refractivity contribution in [3.05, 3.63) is 24.3 Å². The van der Waals surface area contributed by atoms with Gasteiger partial charge >= 0.3 is 0 Å². The van der Waals surface area contributed by atoms with Gasteiger partial charge in [-0.3, -0.25) is 4.79 Å². The maximum atomic E-state index is 13.6. The Morgan fingerprint density at radius 2 is 1.91 bits per heavy atom. The summed E-state index contributed by atoms with van der Waals surface area (Å²) in [5.41, 5.74) is 2.39. The largest absolute Gasteiger partial charge is 0.391 e. The number of hydrogen-bond donors (Lipinski definition) is 0. The summed E-state index contributed by atoms with van der Waals surface area (Å²) >= 11 is 0. The number of rotatable bonds is 9. The highest BCUT2D eigenvalue weighted by atomic mass is 16.6. The molecule has 0 saturated heterocycles. The van der Waals surface area contributed by atoms with Crippen molar-refractivity contribution in [2.24, 2.45) is 57.4 Å². The van der Waals surface area contributed by atoms with E-state index in [1.807, 2.05) is 0 Å². The molecule has 0 aliphatic heterocycles. The van der Waals surface area contributed by atoms with Crippen LogP contribution >= 0.6 is 0 Å². The topological polar surface area (TPSA) is 38.7 Å². The summed E-state index contributed by atoms with van der Waals surface area (Å²) in [6.07, 6.45) is 15.9. The van der Waals surface area contributed by atoms with Gasteiger partial charge in [0.1, 0.15) is 6.61 Å². The molecule has 196 valence electrons. The van der Waals surface area contributed by atoms with Crippen LogP contribution in [0.1, 0.15) is 106 Å². The minimum Gasteiger partial charge on any atom is -0.391 e. The zero-order valence-corrected chi connectivity index (χ0v) is 23.4. The van der Waals surface area contributed by atoms with E-state index in [2.05, 4.69) is 59.4 Å². The smallest absolute Gasteiger partial charge is 0.159 e. The Kier molecular flexibility index (Phi) is 8.04. The summed E-state index contributed by atoms with van der Waals surface area (Å²) in [4.78, 5) is 18.9. The van der Waals surface area contributed by atoms with Gasteiger partial charge in [-0.1, -0.05) is 72.2 Å². The second kappa shape index (κ2) is 10.5. The molecule has 0 spiro atoms. The number of allylic oxidation sites excluding steroid dienone is 2. The molecule has 0 amide bonds. The fraction of sp³-hybridized carbons (Fsp3) is 0.812. The number of carbonyl (C=O) groups excluding carboxylic acids is 1. The molecule has 8 atom stereocenters. The summed E-state index contributed by atoms with van der Waals surface area (Å²) in [5, 5.41) is 4.29. The molecule has 3 heteroatoms. The van der Waals surface area contributed by atoms with Gasteiger partial charge in [0, 0.05) is 12.0 Å². The van der Waals surface area contributed by atoms with E-state index in [-0.39, 0.29) is 5.41 Å². The molecule has 3 nitrogen and oxygen atoms in total. The number of nitrogens with zero attached hydrogens (tertiary/aromatic N) is 1. The summed E-state index contributed by atoms with van der Waals surface area (Å²) in [5.74, 6) is 5.58. The van der Waals surface area contributed by atoms with Crippen molar-refractivity contribution in [1.29, 1.82) is 0 Å². The highest BCUT2D eigenvalue weighted by Gasteiger charge is 2.60. The first-order valence-electron chi connectivity index (χ1n) is 14.7. The van der Waals surface area contributed by atoms with Crippen LogP contribution in [-0.2, 0) is 9.63 Å². The number of Topliss-reactive ketones (excluding diaryl/α,β-unsaturated/α-hetero) is 1. The molecule has 4 rings (SSSR count). The van der Waals surface area contributed by atoms with Crippen LogP contribution in [0.4, 0.5) is 0 Å². The average Bonchev–Trinajstić information content (AvgIpc) is 3.17. The zero-order valence-electron chi connectivity index (χ0n) is 23.4. The molecule has 0 aromatic heterocycles. The lowest BCUT2D eigenvalue weighted by atomic mass is 9.46. The van der Waals surface area contributed by atoms with Crippen LogP contribution in [0, 0.1) is 52.3 Å². The van der Waals surface area contributed by atoms with Crippen molar-refractivity contribution < 1.29 is 9.63 Å². The summed E-state index contributed by atoms with van der Waals surface area (Å²) < 4.78 is 0. The molecular formula is C32H51NO2. The number of fused-ring (bicyclic) bond motifs is 5. The Morgan fingerprint density at radius 3 is 2.60 bits per heavy atom. The van der Waals surface area contributed by atoms with Crippen LogP contribution in [0.2, 0.25) is 0 Å². The monoisotopic (exact) mass is 481 g/mol. The first-order chi connectivity index (χ1) is 16.7. The number of oxime groups is 1. The second-order valence-electron chi connectivity index (χ2n) is 13.3. The third kappa shape index (κ3) is 4.82. The van der Waals surface area contributed by atoms with Gasteiger partial charge in [-0.05, 0) is 103 Å². The average molecular weight is 482 g/mol. The van der Waals surface area contributed by atoms with Crippen LogP contribution in [-0.4, -0.2) is 18.1 Å². The number of carbonyl (C=O) groups is 1. The predicted octanol–water partition coefficient (Wildman–Crippen LogP) is 8.40. The standard InChI is InChI=1S/C32H51NO2/c1-8-18-35-33-24-14-16-32(7)28-15-17-31(6)26(22(5)10-11-23(9-2)21(3)4)12-13-27(31)25(28)20-30(34)29(32)19-24/h8,19,21-23,25-28H,1,9-18,20H2,2-7H3/b33-24+/t22-,23-,25+,26-,27+,28+,31-,32-/m1/s1. The third-order valence-corrected chi connectivity index (χ3v) is 11.4.